The summed E-state index contributed by atoms with van der Waals surface area (Å²) in [5, 5.41) is 16.7. The fourth-order valence-corrected chi connectivity index (χ4v) is 4.58. The molecule has 5 rings (SSSR count). The van der Waals surface area contributed by atoms with Crippen LogP contribution in [0.2, 0.25) is 0 Å². The Morgan fingerprint density at radius 2 is 1.89 bits per heavy atom. The summed E-state index contributed by atoms with van der Waals surface area (Å²) < 4.78 is 28.8. The van der Waals surface area contributed by atoms with E-state index in [0.29, 0.717) is 17.3 Å². The van der Waals surface area contributed by atoms with Crippen LogP contribution in [0.5, 0.6) is 0 Å². The van der Waals surface area contributed by atoms with Gasteiger partial charge in [-0.2, -0.15) is 10.2 Å². The molecule has 0 atom stereocenters. The van der Waals surface area contributed by atoms with Crippen LogP contribution in [0.25, 0.3) is 22.3 Å². The molecule has 4 aromatic heterocycles. The van der Waals surface area contributed by atoms with Crippen molar-refractivity contribution in [3.05, 3.63) is 42.9 Å². The first-order valence-corrected chi connectivity index (χ1v) is 12.3. The van der Waals surface area contributed by atoms with Gasteiger partial charge in [0.15, 0.2) is 5.65 Å². The van der Waals surface area contributed by atoms with Crippen molar-refractivity contribution >= 4 is 28.4 Å². The zero-order valence-corrected chi connectivity index (χ0v) is 20.4. The average molecular weight is 496 g/mol. The summed E-state index contributed by atoms with van der Waals surface area (Å²) in [7, 11) is 0. The molecule has 1 fully saturated rings. The minimum absolute atomic E-state index is 0.187. The standard InChI is InChI=1S/C25H31F2N9/c1-15(2)36-25-16(12-30-36)3-8-23(33-25)32-24-11-21(31-18-6-4-17(28)5-7-18)19(13-29-24)20-9-10-35(34-20)14-22(26)27/h3,8-13,15,17-18,22H,4-7,14,28H2,1-2H3,(H2,29,31,32,33). The summed E-state index contributed by atoms with van der Waals surface area (Å²) in [5.41, 5.74) is 9.07. The van der Waals surface area contributed by atoms with Crippen molar-refractivity contribution in [2.24, 2.45) is 5.73 Å². The molecule has 0 aliphatic heterocycles. The number of pyridine rings is 2. The van der Waals surface area contributed by atoms with Gasteiger partial charge in [0.05, 0.1) is 11.9 Å². The fourth-order valence-electron chi connectivity index (χ4n) is 4.58. The van der Waals surface area contributed by atoms with Crippen LogP contribution in [-0.4, -0.2) is 48.0 Å². The van der Waals surface area contributed by atoms with E-state index in [1.54, 1.807) is 18.5 Å². The first kappa shape index (κ1) is 24.1. The number of hydrogen-bond acceptors (Lipinski definition) is 7. The monoisotopic (exact) mass is 495 g/mol. The zero-order chi connectivity index (χ0) is 25.2. The van der Waals surface area contributed by atoms with Gasteiger partial charge in [-0.15, -0.1) is 0 Å². The van der Waals surface area contributed by atoms with E-state index in [4.69, 9.17) is 10.7 Å². The number of nitrogens with two attached hydrogens (primary N) is 1. The topological polar surface area (TPSA) is 112 Å². The lowest BCUT2D eigenvalue weighted by Gasteiger charge is -2.28. The van der Waals surface area contributed by atoms with Gasteiger partial charge in [0, 0.05) is 53.2 Å². The third-order valence-corrected chi connectivity index (χ3v) is 6.47. The fraction of sp³-hybridized carbons (Fsp3) is 0.440. The van der Waals surface area contributed by atoms with Gasteiger partial charge in [0.1, 0.15) is 18.2 Å². The summed E-state index contributed by atoms with van der Waals surface area (Å²) in [6.07, 6.45) is 6.46. The lowest BCUT2D eigenvalue weighted by molar-refractivity contribution is 0.122. The van der Waals surface area contributed by atoms with Crippen molar-refractivity contribution in [3.8, 4) is 11.3 Å². The molecule has 1 aliphatic carbocycles. The van der Waals surface area contributed by atoms with E-state index >= 15 is 0 Å². The molecule has 4 aromatic rings. The summed E-state index contributed by atoms with van der Waals surface area (Å²) in [6.45, 7) is 3.68. The largest absolute Gasteiger partial charge is 0.382 e. The molecule has 4 heterocycles. The van der Waals surface area contributed by atoms with Crippen LogP contribution in [0, 0.1) is 0 Å². The Balaban J connectivity index is 1.45. The quantitative estimate of drug-likeness (QED) is 0.317. The molecule has 0 unspecified atom stereocenters. The van der Waals surface area contributed by atoms with Crippen molar-refractivity contribution in [1.82, 2.24) is 29.5 Å². The molecule has 0 amide bonds. The average Bonchev–Trinajstić information content (AvgIpc) is 3.47. The Morgan fingerprint density at radius 1 is 1.08 bits per heavy atom. The lowest BCUT2D eigenvalue weighted by atomic mass is 9.91. The number of nitrogens with one attached hydrogen (secondary N) is 2. The first-order valence-electron chi connectivity index (χ1n) is 12.3. The van der Waals surface area contributed by atoms with Crippen molar-refractivity contribution in [3.63, 3.8) is 0 Å². The molecule has 190 valence electrons. The van der Waals surface area contributed by atoms with Gasteiger partial charge in [0.2, 0.25) is 0 Å². The van der Waals surface area contributed by atoms with Crippen molar-refractivity contribution in [2.45, 2.75) is 70.6 Å². The molecule has 0 aromatic carbocycles. The van der Waals surface area contributed by atoms with Gasteiger partial charge in [-0.1, -0.05) is 0 Å². The third kappa shape index (κ3) is 5.30. The minimum Gasteiger partial charge on any atom is -0.382 e. The number of halogens is 2. The van der Waals surface area contributed by atoms with E-state index in [-0.39, 0.29) is 18.1 Å². The van der Waals surface area contributed by atoms with Crippen LogP contribution < -0.4 is 16.4 Å². The van der Waals surface area contributed by atoms with E-state index in [9.17, 15) is 8.78 Å². The third-order valence-electron chi connectivity index (χ3n) is 6.47. The van der Waals surface area contributed by atoms with E-state index in [1.165, 1.54) is 4.68 Å². The van der Waals surface area contributed by atoms with E-state index in [1.807, 2.05) is 29.1 Å². The molecular formula is C25H31F2N9. The normalized spacial score (nSPS) is 18.3. The number of rotatable bonds is 8. The van der Waals surface area contributed by atoms with Gasteiger partial charge >= 0.3 is 0 Å². The van der Waals surface area contributed by atoms with Gasteiger partial charge in [-0.05, 0) is 57.7 Å². The molecule has 0 spiro atoms. The molecule has 11 heteroatoms. The molecule has 4 N–H and O–H groups in total. The molecule has 0 radical (unpaired) electrons. The van der Waals surface area contributed by atoms with E-state index in [2.05, 4.69) is 39.7 Å². The Bertz CT molecular complexity index is 1320. The summed E-state index contributed by atoms with van der Waals surface area (Å²) >= 11 is 0. The molecule has 36 heavy (non-hydrogen) atoms. The van der Waals surface area contributed by atoms with Gasteiger partial charge in [0.25, 0.3) is 6.43 Å². The maximum Gasteiger partial charge on any atom is 0.257 e. The van der Waals surface area contributed by atoms with Gasteiger partial charge in [-0.3, -0.25) is 4.68 Å². The highest BCUT2D eigenvalue weighted by Crippen LogP contribution is 2.32. The second kappa shape index (κ2) is 10.2. The van der Waals surface area contributed by atoms with E-state index in [0.717, 1.165) is 48.0 Å². The molecule has 9 nitrogen and oxygen atoms in total. The summed E-state index contributed by atoms with van der Waals surface area (Å²) in [6, 6.07) is 8.21. The van der Waals surface area contributed by atoms with Gasteiger partial charge < -0.3 is 16.4 Å². The van der Waals surface area contributed by atoms with Crippen molar-refractivity contribution < 1.29 is 8.78 Å². The predicted molar refractivity (Wildman–Crippen MR) is 137 cm³/mol. The summed E-state index contributed by atoms with van der Waals surface area (Å²) in [4.78, 5) is 9.33. The first-order chi connectivity index (χ1) is 17.4. The maximum absolute atomic E-state index is 12.8. The second-order valence-electron chi connectivity index (χ2n) is 9.60. The van der Waals surface area contributed by atoms with Crippen LogP contribution in [0.3, 0.4) is 0 Å². The molecule has 1 aliphatic rings. The number of alkyl halides is 2. The minimum atomic E-state index is -2.47. The van der Waals surface area contributed by atoms with Crippen molar-refractivity contribution in [2.75, 3.05) is 10.6 Å². The Hall–Kier alpha value is -3.60. The second-order valence-corrected chi connectivity index (χ2v) is 9.60. The van der Waals surface area contributed by atoms with Crippen molar-refractivity contribution in [1.29, 1.82) is 0 Å². The predicted octanol–water partition coefficient (Wildman–Crippen LogP) is 4.96. The van der Waals surface area contributed by atoms with Gasteiger partial charge in [-0.25, -0.2) is 23.4 Å². The Labute approximate surface area is 208 Å². The highest BCUT2D eigenvalue weighted by atomic mass is 19.3. The number of hydrogen-bond donors (Lipinski definition) is 3. The number of nitrogens with zero attached hydrogens (tertiary/aromatic N) is 6. The number of aromatic nitrogens is 6. The Kier molecular flexibility index (Phi) is 6.82. The summed E-state index contributed by atoms with van der Waals surface area (Å²) in [5.74, 6) is 1.27. The lowest BCUT2D eigenvalue weighted by Crippen LogP contribution is -2.32. The van der Waals surface area contributed by atoms with Crippen LogP contribution in [0.1, 0.15) is 45.6 Å². The zero-order valence-electron chi connectivity index (χ0n) is 20.4. The highest BCUT2D eigenvalue weighted by Gasteiger charge is 2.21. The van der Waals surface area contributed by atoms with Crippen LogP contribution in [0.4, 0.5) is 26.1 Å². The van der Waals surface area contributed by atoms with E-state index < -0.39 is 13.0 Å². The molecule has 0 saturated heterocycles. The molecule has 0 bridgehead atoms. The number of fused-ring (bicyclic) bond motifs is 1. The van der Waals surface area contributed by atoms with Crippen LogP contribution >= 0.6 is 0 Å². The Morgan fingerprint density at radius 3 is 2.64 bits per heavy atom. The van der Waals surface area contributed by atoms with Crippen LogP contribution in [0.15, 0.2) is 42.9 Å². The smallest absolute Gasteiger partial charge is 0.257 e. The molecule has 1 saturated carbocycles. The van der Waals surface area contributed by atoms with Crippen LogP contribution in [-0.2, 0) is 6.54 Å². The number of anilines is 3. The SMILES string of the molecule is CC(C)n1ncc2ccc(Nc3cc(NC4CCC(N)CC4)c(-c4ccn(CC(F)F)n4)cn3)nc21. The highest BCUT2D eigenvalue weighted by molar-refractivity contribution is 5.80. The molecular weight excluding hydrogens is 464 g/mol. The maximum atomic E-state index is 12.8.